The largest absolute Gasteiger partial charge is 0.316 e. The second-order valence-electron chi connectivity index (χ2n) is 5.09. The van der Waals surface area contributed by atoms with Gasteiger partial charge >= 0.3 is 0 Å². The van der Waals surface area contributed by atoms with E-state index in [1.165, 1.54) is 19.6 Å². The zero-order valence-corrected chi connectivity index (χ0v) is 9.84. The predicted octanol–water partition coefficient (Wildman–Crippen LogP) is 0.423. The van der Waals surface area contributed by atoms with Crippen LogP contribution in [-0.4, -0.2) is 46.9 Å². The molecular formula is C12H20N4. The average molecular weight is 220 g/mol. The summed E-state index contributed by atoms with van der Waals surface area (Å²) in [5, 5.41) is 7.75. The molecule has 0 aromatic carbocycles. The molecule has 3 rings (SSSR count). The van der Waals surface area contributed by atoms with Crippen LogP contribution in [0.3, 0.4) is 0 Å². The van der Waals surface area contributed by atoms with Gasteiger partial charge in [0.25, 0.3) is 0 Å². The van der Waals surface area contributed by atoms with E-state index >= 15 is 0 Å². The van der Waals surface area contributed by atoms with Gasteiger partial charge in [0.2, 0.25) is 0 Å². The molecule has 0 radical (unpaired) electrons. The molecule has 2 aliphatic rings. The van der Waals surface area contributed by atoms with Gasteiger partial charge in [0, 0.05) is 31.5 Å². The Labute approximate surface area is 96.6 Å². The van der Waals surface area contributed by atoms with E-state index in [2.05, 4.69) is 22.2 Å². The van der Waals surface area contributed by atoms with Gasteiger partial charge in [-0.1, -0.05) is 0 Å². The van der Waals surface area contributed by atoms with Crippen LogP contribution in [0.1, 0.15) is 6.92 Å². The van der Waals surface area contributed by atoms with Crippen molar-refractivity contribution in [3.63, 3.8) is 0 Å². The van der Waals surface area contributed by atoms with Crippen molar-refractivity contribution in [1.29, 1.82) is 0 Å². The van der Waals surface area contributed by atoms with Gasteiger partial charge in [-0.3, -0.25) is 9.58 Å². The third-order valence-electron chi connectivity index (χ3n) is 4.23. The van der Waals surface area contributed by atoms with Gasteiger partial charge in [0.15, 0.2) is 0 Å². The number of aromatic nitrogens is 2. The lowest BCUT2D eigenvalue weighted by Crippen LogP contribution is -2.35. The van der Waals surface area contributed by atoms with Crippen molar-refractivity contribution in [2.75, 3.05) is 26.2 Å². The molecule has 0 bridgehead atoms. The van der Waals surface area contributed by atoms with Gasteiger partial charge < -0.3 is 5.32 Å². The van der Waals surface area contributed by atoms with Crippen LogP contribution in [0, 0.1) is 11.8 Å². The molecule has 3 atom stereocenters. The maximum absolute atomic E-state index is 4.25. The molecule has 4 nitrogen and oxygen atoms in total. The van der Waals surface area contributed by atoms with Crippen LogP contribution in [0.5, 0.6) is 0 Å². The van der Waals surface area contributed by atoms with E-state index in [-0.39, 0.29) is 0 Å². The highest BCUT2D eigenvalue weighted by Gasteiger charge is 2.41. The quantitative estimate of drug-likeness (QED) is 0.801. The Bertz CT molecular complexity index is 335. The molecule has 1 aromatic heterocycles. The van der Waals surface area contributed by atoms with Crippen molar-refractivity contribution in [2.45, 2.75) is 19.5 Å². The summed E-state index contributed by atoms with van der Waals surface area (Å²) in [6, 6.07) is 2.72. The molecule has 3 unspecified atom stereocenters. The summed E-state index contributed by atoms with van der Waals surface area (Å²) >= 11 is 0. The molecule has 4 heteroatoms. The van der Waals surface area contributed by atoms with Crippen molar-refractivity contribution in [3.8, 4) is 0 Å². The molecule has 0 aliphatic carbocycles. The summed E-state index contributed by atoms with van der Waals surface area (Å²) in [6.07, 6.45) is 3.90. The number of nitrogens with one attached hydrogen (secondary N) is 1. The van der Waals surface area contributed by atoms with Gasteiger partial charge in [-0.15, -0.1) is 0 Å². The van der Waals surface area contributed by atoms with Gasteiger partial charge in [0.05, 0.1) is 6.54 Å². The molecule has 0 amide bonds. The van der Waals surface area contributed by atoms with Crippen molar-refractivity contribution >= 4 is 0 Å². The zero-order chi connectivity index (χ0) is 11.0. The smallest absolute Gasteiger partial charge is 0.0536 e. The lowest BCUT2D eigenvalue weighted by atomic mass is 9.95. The molecule has 3 heterocycles. The van der Waals surface area contributed by atoms with Gasteiger partial charge in [-0.05, 0) is 37.9 Å². The fraction of sp³-hybridized carbons (Fsp3) is 0.750. The number of hydrogen-bond donors (Lipinski definition) is 1. The minimum Gasteiger partial charge on any atom is -0.316 e. The molecule has 0 saturated carbocycles. The van der Waals surface area contributed by atoms with Crippen LogP contribution in [0.15, 0.2) is 18.5 Å². The van der Waals surface area contributed by atoms with E-state index in [1.807, 2.05) is 23.1 Å². The highest BCUT2D eigenvalue weighted by molar-refractivity contribution is 4.96. The summed E-state index contributed by atoms with van der Waals surface area (Å²) in [7, 11) is 0. The molecule has 2 saturated heterocycles. The van der Waals surface area contributed by atoms with Crippen molar-refractivity contribution in [3.05, 3.63) is 18.5 Å². The lowest BCUT2D eigenvalue weighted by molar-refractivity contribution is 0.227. The normalized spacial score (nSPS) is 34.4. The molecule has 0 spiro atoms. The minimum absolute atomic E-state index is 0.732. The summed E-state index contributed by atoms with van der Waals surface area (Å²) in [5.41, 5.74) is 0. The first-order valence-corrected chi connectivity index (χ1v) is 6.27. The van der Waals surface area contributed by atoms with Crippen LogP contribution < -0.4 is 5.32 Å². The maximum atomic E-state index is 4.25. The molecule has 88 valence electrons. The predicted molar refractivity (Wildman–Crippen MR) is 63.1 cm³/mol. The van der Waals surface area contributed by atoms with E-state index in [0.717, 1.165) is 31.0 Å². The first kappa shape index (κ1) is 10.3. The van der Waals surface area contributed by atoms with Crippen LogP contribution in [0.2, 0.25) is 0 Å². The lowest BCUT2D eigenvalue weighted by Gasteiger charge is -2.24. The van der Waals surface area contributed by atoms with Crippen LogP contribution in [-0.2, 0) is 6.54 Å². The number of rotatable bonds is 3. The summed E-state index contributed by atoms with van der Waals surface area (Å²) in [5.74, 6) is 1.75. The summed E-state index contributed by atoms with van der Waals surface area (Å²) in [4.78, 5) is 2.62. The molecule has 1 N–H and O–H groups in total. The first-order valence-electron chi connectivity index (χ1n) is 6.27. The van der Waals surface area contributed by atoms with E-state index < -0.39 is 0 Å². The first-order chi connectivity index (χ1) is 7.84. The van der Waals surface area contributed by atoms with Crippen LogP contribution >= 0.6 is 0 Å². The maximum Gasteiger partial charge on any atom is 0.0536 e. The van der Waals surface area contributed by atoms with E-state index in [1.54, 1.807) is 0 Å². The third-order valence-corrected chi connectivity index (χ3v) is 4.23. The van der Waals surface area contributed by atoms with Crippen molar-refractivity contribution in [2.24, 2.45) is 11.8 Å². The molecular weight excluding hydrogens is 200 g/mol. The summed E-state index contributed by atoms with van der Waals surface area (Å²) in [6.45, 7) is 8.22. The average Bonchev–Trinajstić information content (AvgIpc) is 2.96. The molecule has 2 fully saturated rings. The van der Waals surface area contributed by atoms with Crippen LogP contribution in [0.25, 0.3) is 0 Å². The Morgan fingerprint density at radius 1 is 1.38 bits per heavy atom. The van der Waals surface area contributed by atoms with Crippen molar-refractivity contribution < 1.29 is 0 Å². The molecule has 16 heavy (non-hydrogen) atoms. The Hall–Kier alpha value is -0.870. The van der Waals surface area contributed by atoms with Gasteiger partial charge in [-0.2, -0.15) is 5.10 Å². The SMILES string of the molecule is CC1C2CNCC2CN1CCn1cccn1. The number of likely N-dealkylation sites (tertiary alicyclic amines) is 1. The topological polar surface area (TPSA) is 33.1 Å². The monoisotopic (exact) mass is 220 g/mol. The highest BCUT2D eigenvalue weighted by Crippen LogP contribution is 2.31. The molecule has 2 aliphatic heterocycles. The van der Waals surface area contributed by atoms with Gasteiger partial charge in [-0.25, -0.2) is 0 Å². The fourth-order valence-corrected chi connectivity index (χ4v) is 3.21. The Morgan fingerprint density at radius 2 is 2.31 bits per heavy atom. The minimum atomic E-state index is 0.732. The van der Waals surface area contributed by atoms with E-state index in [0.29, 0.717) is 0 Å². The Kier molecular flexibility index (Phi) is 2.69. The van der Waals surface area contributed by atoms with E-state index in [4.69, 9.17) is 0 Å². The molecule has 1 aromatic rings. The zero-order valence-electron chi connectivity index (χ0n) is 9.84. The standard InChI is InChI=1S/C12H20N4/c1-10-12-8-13-7-11(12)9-15(10)5-6-16-4-2-3-14-16/h2-4,10-13H,5-9H2,1H3. The van der Waals surface area contributed by atoms with Crippen molar-refractivity contribution in [1.82, 2.24) is 20.0 Å². The van der Waals surface area contributed by atoms with Crippen LogP contribution in [0.4, 0.5) is 0 Å². The number of fused-ring (bicyclic) bond motifs is 1. The number of nitrogens with zero attached hydrogens (tertiary/aromatic N) is 3. The Morgan fingerprint density at radius 3 is 3.06 bits per heavy atom. The Balaban J connectivity index is 1.56. The third kappa shape index (κ3) is 1.76. The second kappa shape index (κ2) is 4.18. The van der Waals surface area contributed by atoms with Gasteiger partial charge in [0.1, 0.15) is 0 Å². The summed E-state index contributed by atoms with van der Waals surface area (Å²) < 4.78 is 2.03. The highest BCUT2D eigenvalue weighted by atomic mass is 15.3. The van der Waals surface area contributed by atoms with E-state index in [9.17, 15) is 0 Å². The number of hydrogen-bond acceptors (Lipinski definition) is 3. The second-order valence-corrected chi connectivity index (χ2v) is 5.09. The fourth-order valence-electron chi connectivity index (χ4n) is 3.21.